The van der Waals surface area contributed by atoms with Crippen LogP contribution in [0.5, 0.6) is 5.75 Å². The molecule has 0 atom stereocenters. The maximum absolute atomic E-state index is 12.2. The zero-order valence-corrected chi connectivity index (χ0v) is 18.8. The minimum atomic E-state index is -3.49. The van der Waals surface area contributed by atoms with Gasteiger partial charge < -0.3 is 10.1 Å². The second kappa shape index (κ2) is 11.3. The molecule has 0 aromatic heterocycles. The van der Waals surface area contributed by atoms with Gasteiger partial charge in [-0.3, -0.25) is 9.10 Å². The Bertz CT molecular complexity index is 905. The van der Waals surface area contributed by atoms with Gasteiger partial charge in [0.25, 0.3) is 0 Å². The normalized spacial score (nSPS) is 11.1. The molecule has 0 saturated carbocycles. The lowest BCUT2D eigenvalue weighted by molar-refractivity contribution is -0.121. The first kappa shape index (κ1) is 23.4. The van der Waals surface area contributed by atoms with Gasteiger partial charge >= 0.3 is 0 Å². The van der Waals surface area contributed by atoms with Crippen LogP contribution < -0.4 is 14.4 Å². The van der Waals surface area contributed by atoms with Gasteiger partial charge in [-0.15, -0.1) is 11.8 Å². The summed E-state index contributed by atoms with van der Waals surface area (Å²) in [6.07, 6.45) is 1.79. The molecule has 9 heteroatoms. The SMILES string of the molecule is COc1ccccc1N(CCCC(=O)NCCSc1ccc(Cl)cc1)S(C)(=O)=O. The third-order valence-corrected chi connectivity index (χ3v) is 6.47. The molecule has 1 N–H and O–H groups in total. The van der Waals surface area contributed by atoms with Crippen molar-refractivity contribution >= 4 is 45.0 Å². The molecule has 0 unspecified atom stereocenters. The summed E-state index contributed by atoms with van der Waals surface area (Å²) in [5.74, 6) is 1.11. The van der Waals surface area contributed by atoms with Gasteiger partial charge in [-0.1, -0.05) is 23.7 Å². The van der Waals surface area contributed by atoms with Crippen molar-refractivity contribution in [1.82, 2.24) is 5.32 Å². The Balaban J connectivity index is 1.78. The van der Waals surface area contributed by atoms with Crippen LogP contribution in [0.15, 0.2) is 53.4 Å². The zero-order chi connectivity index (χ0) is 21.3. The van der Waals surface area contributed by atoms with Gasteiger partial charge in [-0.25, -0.2) is 8.42 Å². The molecule has 0 aliphatic heterocycles. The number of hydrogen-bond donors (Lipinski definition) is 1. The summed E-state index contributed by atoms with van der Waals surface area (Å²) in [7, 11) is -2.00. The van der Waals surface area contributed by atoms with Crippen LogP contribution in [0.1, 0.15) is 12.8 Å². The second-order valence-electron chi connectivity index (χ2n) is 6.26. The molecule has 0 heterocycles. The van der Waals surface area contributed by atoms with Crippen molar-refractivity contribution in [3.63, 3.8) is 0 Å². The molecule has 2 rings (SSSR count). The summed E-state index contributed by atoms with van der Waals surface area (Å²) < 4.78 is 30.9. The van der Waals surface area contributed by atoms with E-state index in [-0.39, 0.29) is 18.9 Å². The van der Waals surface area contributed by atoms with Crippen LogP contribution in [0.4, 0.5) is 5.69 Å². The molecule has 0 radical (unpaired) electrons. The minimum absolute atomic E-state index is 0.102. The Morgan fingerprint density at radius 2 is 1.86 bits per heavy atom. The van der Waals surface area contributed by atoms with E-state index in [1.807, 2.05) is 24.3 Å². The molecular weight excluding hydrogens is 432 g/mol. The number of ether oxygens (including phenoxy) is 1. The zero-order valence-electron chi connectivity index (χ0n) is 16.4. The molecule has 0 spiro atoms. The van der Waals surface area contributed by atoms with Gasteiger partial charge in [0, 0.05) is 35.2 Å². The van der Waals surface area contributed by atoms with Gasteiger partial charge in [0.1, 0.15) is 5.75 Å². The van der Waals surface area contributed by atoms with Gasteiger partial charge in [0.05, 0.1) is 19.1 Å². The van der Waals surface area contributed by atoms with E-state index in [1.165, 1.54) is 11.4 Å². The number of para-hydroxylation sites is 2. The predicted molar refractivity (Wildman–Crippen MR) is 120 cm³/mol. The lowest BCUT2D eigenvalue weighted by atomic mass is 10.2. The van der Waals surface area contributed by atoms with Gasteiger partial charge in [0.2, 0.25) is 15.9 Å². The summed E-state index contributed by atoms with van der Waals surface area (Å²) >= 11 is 7.48. The first-order chi connectivity index (χ1) is 13.8. The van der Waals surface area contributed by atoms with Crippen molar-refractivity contribution in [2.24, 2.45) is 0 Å². The molecular formula is C20H25ClN2O4S2. The van der Waals surface area contributed by atoms with Crippen LogP contribution in [0.2, 0.25) is 5.02 Å². The minimum Gasteiger partial charge on any atom is -0.495 e. The van der Waals surface area contributed by atoms with Crippen LogP contribution in [0.25, 0.3) is 0 Å². The first-order valence-electron chi connectivity index (χ1n) is 9.07. The number of methoxy groups -OCH3 is 1. The third-order valence-electron chi connectivity index (χ3n) is 4.03. The topological polar surface area (TPSA) is 75.7 Å². The summed E-state index contributed by atoms with van der Waals surface area (Å²) in [5.41, 5.74) is 0.470. The summed E-state index contributed by atoms with van der Waals surface area (Å²) in [4.78, 5) is 13.1. The van der Waals surface area contributed by atoms with Crippen molar-refractivity contribution in [3.8, 4) is 5.75 Å². The van der Waals surface area contributed by atoms with Crippen molar-refractivity contribution in [1.29, 1.82) is 0 Å². The number of nitrogens with one attached hydrogen (secondary N) is 1. The Kier molecular flexibility index (Phi) is 9.13. The second-order valence-corrected chi connectivity index (χ2v) is 9.77. The Morgan fingerprint density at radius 1 is 1.17 bits per heavy atom. The van der Waals surface area contributed by atoms with Crippen LogP contribution in [-0.2, 0) is 14.8 Å². The molecule has 2 aromatic carbocycles. The van der Waals surface area contributed by atoms with Gasteiger partial charge in [-0.05, 0) is 42.8 Å². The average molecular weight is 457 g/mol. The van der Waals surface area contributed by atoms with Crippen LogP contribution >= 0.6 is 23.4 Å². The molecule has 2 aromatic rings. The fourth-order valence-electron chi connectivity index (χ4n) is 2.66. The molecule has 6 nitrogen and oxygen atoms in total. The molecule has 0 bridgehead atoms. The molecule has 158 valence electrons. The van der Waals surface area contributed by atoms with E-state index in [4.69, 9.17) is 16.3 Å². The summed E-state index contributed by atoms with van der Waals surface area (Å²) in [5, 5.41) is 3.55. The van der Waals surface area contributed by atoms with E-state index in [1.54, 1.807) is 36.0 Å². The van der Waals surface area contributed by atoms with E-state index in [0.717, 1.165) is 16.9 Å². The fraction of sp³-hybridized carbons (Fsp3) is 0.350. The Morgan fingerprint density at radius 3 is 2.52 bits per heavy atom. The molecule has 0 fully saturated rings. The van der Waals surface area contributed by atoms with E-state index in [0.29, 0.717) is 29.4 Å². The van der Waals surface area contributed by atoms with E-state index in [2.05, 4.69) is 5.32 Å². The molecule has 1 amide bonds. The van der Waals surface area contributed by atoms with Gasteiger partial charge in [0.15, 0.2) is 0 Å². The number of carbonyl (C=O) groups is 1. The highest BCUT2D eigenvalue weighted by Crippen LogP contribution is 2.29. The highest BCUT2D eigenvalue weighted by Gasteiger charge is 2.20. The first-order valence-corrected chi connectivity index (χ1v) is 12.3. The summed E-state index contributed by atoms with van der Waals surface area (Å²) in [6.45, 7) is 0.737. The summed E-state index contributed by atoms with van der Waals surface area (Å²) in [6, 6.07) is 14.5. The number of benzene rings is 2. The fourth-order valence-corrected chi connectivity index (χ4v) is 4.53. The van der Waals surface area contributed by atoms with E-state index < -0.39 is 10.0 Å². The predicted octanol–water partition coefficient (Wildman–Crippen LogP) is 3.80. The van der Waals surface area contributed by atoms with Crippen molar-refractivity contribution < 1.29 is 17.9 Å². The smallest absolute Gasteiger partial charge is 0.232 e. The maximum Gasteiger partial charge on any atom is 0.232 e. The number of amides is 1. The van der Waals surface area contributed by atoms with Gasteiger partial charge in [-0.2, -0.15) is 0 Å². The molecule has 0 saturated heterocycles. The van der Waals surface area contributed by atoms with E-state index >= 15 is 0 Å². The molecule has 29 heavy (non-hydrogen) atoms. The number of nitrogens with zero attached hydrogens (tertiary/aromatic N) is 1. The number of anilines is 1. The third kappa shape index (κ3) is 7.79. The molecule has 0 aliphatic rings. The number of hydrogen-bond acceptors (Lipinski definition) is 5. The van der Waals surface area contributed by atoms with Crippen molar-refractivity contribution in [2.75, 3.05) is 36.5 Å². The maximum atomic E-state index is 12.2. The quantitative estimate of drug-likeness (QED) is 0.411. The van der Waals surface area contributed by atoms with Crippen LogP contribution in [-0.4, -0.2) is 46.5 Å². The van der Waals surface area contributed by atoms with Crippen molar-refractivity contribution in [2.45, 2.75) is 17.7 Å². The monoisotopic (exact) mass is 456 g/mol. The number of sulfonamides is 1. The average Bonchev–Trinajstić information content (AvgIpc) is 2.69. The van der Waals surface area contributed by atoms with E-state index in [9.17, 15) is 13.2 Å². The number of halogens is 1. The van der Waals surface area contributed by atoms with Crippen LogP contribution in [0, 0.1) is 0 Å². The Hall–Kier alpha value is -1.90. The van der Waals surface area contributed by atoms with Crippen molar-refractivity contribution in [3.05, 3.63) is 53.6 Å². The lowest BCUT2D eigenvalue weighted by Gasteiger charge is -2.24. The largest absolute Gasteiger partial charge is 0.495 e. The number of thioether (sulfide) groups is 1. The molecule has 0 aliphatic carbocycles. The van der Waals surface area contributed by atoms with Crippen LogP contribution in [0.3, 0.4) is 0 Å². The highest BCUT2D eigenvalue weighted by molar-refractivity contribution is 7.99. The highest BCUT2D eigenvalue weighted by atomic mass is 35.5. The standard InChI is InChI=1S/C20H25ClN2O4S2/c1-27-19-7-4-3-6-18(19)23(29(2,25)26)14-5-8-20(24)22-13-15-28-17-11-9-16(21)10-12-17/h3-4,6-7,9-12H,5,8,13-15H2,1-2H3,(H,22,24). The number of carbonyl (C=O) groups excluding carboxylic acids is 1. The Labute approximate surface area is 181 Å². The number of rotatable bonds is 11. The lowest BCUT2D eigenvalue weighted by Crippen LogP contribution is -2.32.